The third-order valence-electron chi connectivity index (χ3n) is 3.95. The van der Waals surface area contributed by atoms with E-state index in [9.17, 15) is 14.7 Å². The molecule has 0 aliphatic rings. The maximum absolute atomic E-state index is 10.3. The summed E-state index contributed by atoms with van der Waals surface area (Å²) >= 11 is 0. The summed E-state index contributed by atoms with van der Waals surface area (Å²) in [6.07, 6.45) is 0.567. The first kappa shape index (κ1) is 27.3. The molecule has 2 aromatic rings. The fourth-order valence-corrected chi connectivity index (χ4v) is 2.43. The van der Waals surface area contributed by atoms with Crippen molar-refractivity contribution in [1.29, 1.82) is 0 Å². The first-order valence-corrected chi connectivity index (χ1v) is 9.88. The van der Waals surface area contributed by atoms with Crippen LogP contribution in [0.4, 0.5) is 0 Å². The lowest BCUT2D eigenvalue weighted by atomic mass is 10.0. The molecule has 0 heterocycles. The second kappa shape index (κ2) is 14.3. The Morgan fingerprint density at radius 1 is 0.700 bits per heavy atom. The largest absolute Gasteiger partial charge is 0.478 e. The highest BCUT2D eigenvalue weighted by Crippen LogP contribution is 2.09. The fraction of sp³-hybridized carbons (Fsp3) is 0.417. The van der Waals surface area contributed by atoms with Gasteiger partial charge in [0.1, 0.15) is 0 Å². The Morgan fingerprint density at radius 2 is 1.03 bits per heavy atom. The van der Waals surface area contributed by atoms with Gasteiger partial charge in [0.25, 0.3) is 0 Å². The van der Waals surface area contributed by atoms with Crippen molar-refractivity contribution in [3.8, 4) is 0 Å². The minimum Gasteiger partial charge on any atom is -0.478 e. The number of hydrogen-bond donors (Lipinski definition) is 4. The van der Waals surface area contributed by atoms with Crippen LogP contribution in [-0.2, 0) is 0 Å². The molecule has 0 aliphatic heterocycles. The van der Waals surface area contributed by atoms with Crippen molar-refractivity contribution in [2.24, 2.45) is 5.92 Å². The normalized spacial score (nSPS) is 12.0. The number of benzene rings is 2. The van der Waals surface area contributed by atoms with Crippen LogP contribution < -0.4 is 0 Å². The number of aliphatic hydroxyl groups is 2. The van der Waals surface area contributed by atoms with E-state index in [1.807, 2.05) is 13.8 Å². The summed E-state index contributed by atoms with van der Waals surface area (Å²) in [4.78, 5) is 20.6. The van der Waals surface area contributed by atoms with Gasteiger partial charge in [0, 0.05) is 0 Å². The van der Waals surface area contributed by atoms with Crippen molar-refractivity contribution >= 4 is 11.9 Å². The Morgan fingerprint density at radius 3 is 1.27 bits per heavy atom. The summed E-state index contributed by atoms with van der Waals surface area (Å²) in [5, 5.41) is 35.1. The maximum Gasteiger partial charge on any atom is 0.335 e. The Balaban J connectivity index is 0.000000420. The molecule has 0 saturated carbocycles. The van der Waals surface area contributed by atoms with E-state index in [-0.39, 0.29) is 12.2 Å². The molecule has 4 N–H and O–H groups in total. The fourth-order valence-electron chi connectivity index (χ4n) is 2.43. The first-order chi connectivity index (χ1) is 13.9. The van der Waals surface area contributed by atoms with E-state index in [1.54, 1.807) is 55.5 Å². The minimum atomic E-state index is -0.875. The highest BCUT2D eigenvalue weighted by molar-refractivity contribution is 5.87. The number of carbonyl (C=O) groups is 2. The van der Waals surface area contributed by atoms with Gasteiger partial charge < -0.3 is 20.4 Å². The van der Waals surface area contributed by atoms with Gasteiger partial charge in [0.15, 0.2) is 0 Å². The topological polar surface area (TPSA) is 115 Å². The molecule has 0 aliphatic carbocycles. The van der Waals surface area contributed by atoms with Crippen LogP contribution in [0.2, 0.25) is 0 Å². The van der Waals surface area contributed by atoms with Gasteiger partial charge >= 0.3 is 11.9 Å². The molecule has 0 amide bonds. The lowest BCUT2D eigenvalue weighted by Gasteiger charge is -2.13. The van der Waals surface area contributed by atoms with Crippen LogP contribution in [0.5, 0.6) is 0 Å². The average molecular weight is 419 g/mol. The standard InChI is InChI=1S/2C8H8O2.C8H18O2/c2*1-6-2-4-7(5-3-6)8(9)10;1-6(2)4-8(10)5-7(3)9/h2*2-5H,1H3,(H,9,10);6-10H,4-5H2,1-3H3. The summed E-state index contributed by atoms with van der Waals surface area (Å²) in [6.45, 7) is 9.66. The Hall–Kier alpha value is -2.70. The van der Waals surface area contributed by atoms with Crippen LogP contribution in [-0.4, -0.2) is 44.6 Å². The van der Waals surface area contributed by atoms with E-state index in [4.69, 9.17) is 15.3 Å². The molecule has 6 heteroatoms. The smallest absolute Gasteiger partial charge is 0.335 e. The van der Waals surface area contributed by atoms with Crippen LogP contribution in [0, 0.1) is 19.8 Å². The van der Waals surface area contributed by atoms with Crippen LogP contribution in [0.15, 0.2) is 48.5 Å². The van der Waals surface area contributed by atoms with Crippen molar-refractivity contribution in [3.05, 3.63) is 70.8 Å². The van der Waals surface area contributed by atoms with Gasteiger partial charge in [-0.15, -0.1) is 0 Å². The molecule has 0 spiro atoms. The Bertz CT molecular complexity index is 683. The van der Waals surface area contributed by atoms with E-state index >= 15 is 0 Å². The molecule has 2 rings (SSSR count). The molecule has 0 saturated heterocycles. The number of aromatic carboxylic acids is 2. The van der Waals surface area contributed by atoms with Gasteiger partial charge in [0.2, 0.25) is 0 Å². The number of hydrogen-bond acceptors (Lipinski definition) is 4. The summed E-state index contributed by atoms with van der Waals surface area (Å²) in [5.74, 6) is -1.24. The van der Waals surface area contributed by atoms with Crippen LogP contribution >= 0.6 is 0 Å². The quantitative estimate of drug-likeness (QED) is 0.547. The van der Waals surface area contributed by atoms with Gasteiger partial charge in [-0.3, -0.25) is 0 Å². The van der Waals surface area contributed by atoms with Gasteiger partial charge in [-0.25, -0.2) is 9.59 Å². The third-order valence-corrected chi connectivity index (χ3v) is 3.95. The molecule has 0 bridgehead atoms. The number of rotatable bonds is 6. The third kappa shape index (κ3) is 13.5. The minimum absolute atomic E-state index is 0.333. The molecule has 166 valence electrons. The molecule has 0 aromatic heterocycles. The highest BCUT2D eigenvalue weighted by atomic mass is 16.4. The van der Waals surface area contributed by atoms with Crippen molar-refractivity contribution in [2.75, 3.05) is 0 Å². The number of carboxylic acid groups (broad SMARTS) is 2. The summed E-state index contributed by atoms with van der Waals surface area (Å²) < 4.78 is 0. The van der Waals surface area contributed by atoms with E-state index < -0.39 is 11.9 Å². The van der Waals surface area contributed by atoms with Crippen LogP contribution in [0.3, 0.4) is 0 Å². The van der Waals surface area contributed by atoms with Gasteiger partial charge in [0.05, 0.1) is 23.3 Å². The monoisotopic (exact) mass is 418 g/mol. The van der Waals surface area contributed by atoms with Crippen molar-refractivity contribution in [3.63, 3.8) is 0 Å². The van der Waals surface area contributed by atoms with E-state index in [0.717, 1.165) is 17.5 Å². The highest BCUT2D eigenvalue weighted by Gasteiger charge is 2.09. The molecule has 2 aromatic carbocycles. The molecule has 2 atom stereocenters. The predicted molar refractivity (Wildman–Crippen MR) is 118 cm³/mol. The van der Waals surface area contributed by atoms with Crippen LogP contribution in [0.1, 0.15) is 65.5 Å². The van der Waals surface area contributed by atoms with E-state index in [0.29, 0.717) is 23.5 Å². The maximum atomic E-state index is 10.3. The van der Waals surface area contributed by atoms with E-state index in [1.165, 1.54) is 0 Å². The molecule has 30 heavy (non-hydrogen) atoms. The number of carboxylic acids is 2. The summed E-state index contributed by atoms with van der Waals surface area (Å²) in [6, 6.07) is 13.5. The summed E-state index contributed by atoms with van der Waals surface area (Å²) in [5.41, 5.74) is 2.83. The second-order valence-electron chi connectivity index (χ2n) is 7.71. The number of aryl methyl sites for hydroxylation is 2. The van der Waals surface area contributed by atoms with Gasteiger partial charge in [-0.05, 0) is 63.8 Å². The zero-order chi connectivity index (χ0) is 23.3. The van der Waals surface area contributed by atoms with Crippen LogP contribution in [0.25, 0.3) is 0 Å². The molecule has 2 unspecified atom stereocenters. The molecular formula is C24H34O6. The zero-order valence-electron chi connectivity index (χ0n) is 18.4. The first-order valence-electron chi connectivity index (χ1n) is 9.88. The average Bonchev–Trinajstić information content (AvgIpc) is 2.62. The Kier molecular flexibility index (Phi) is 13.0. The zero-order valence-corrected chi connectivity index (χ0v) is 18.4. The SMILES string of the molecule is CC(C)CC(O)CC(C)O.Cc1ccc(C(=O)O)cc1.Cc1ccc(C(=O)O)cc1. The van der Waals surface area contributed by atoms with Crippen molar-refractivity contribution in [2.45, 2.75) is 59.7 Å². The lowest BCUT2D eigenvalue weighted by Crippen LogP contribution is -2.16. The van der Waals surface area contributed by atoms with Crippen molar-refractivity contribution in [1.82, 2.24) is 0 Å². The Labute approximate surface area is 178 Å². The number of aliphatic hydroxyl groups excluding tert-OH is 2. The molecular weight excluding hydrogens is 384 g/mol. The second-order valence-corrected chi connectivity index (χ2v) is 7.71. The van der Waals surface area contributed by atoms with Crippen molar-refractivity contribution < 1.29 is 30.0 Å². The predicted octanol–water partition coefficient (Wildman–Crippen LogP) is 4.55. The van der Waals surface area contributed by atoms with Gasteiger partial charge in [-0.1, -0.05) is 49.2 Å². The lowest BCUT2D eigenvalue weighted by molar-refractivity contribution is 0.0686. The summed E-state index contributed by atoms with van der Waals surface area (Å²) in [7, 11) is 0. The molecule has 6 nitrogen and oxygen atoms in total. The molecule has 0 radical (unpaired) electrons. The molecule has 0 fully saturated rings. The van der Waals surface area contributed by atoms with Gasteiger partial charge in [-0.2, -0.15) is 0 Å². The van der Waals surface area contributed by atoms with E-state index in [2.05, 4.69) is 13.8 Å².